The molecule has 0 radical (unpaired) electrons. The summed E-state index contributed by atoms with van der Waals surface area (Å²) in [5.41, 5.74) is 0.510. The van der Waals surface area contributed by atoms with Gasteiger partial charge in [-0.2, -0.15) is 0 Å². The van der Waals surface area contributed by atoms with Crippen LogP contribution in [0.5, 0.6) is 5.75 Å². The first-order valence-corrected chi connectivity index (χ1v) is 6.16. The predicted molar refractivity (Wildman–Crippen MR) is 67.6 cm³/mol. The monoisotopic (exact) mass is 252 g/mol. The van der Waals surface area contributed by atoms with Gasteiger partial charge in [0.25, 0.3) is 0 Å². The third-order valence-electron chi connectivity index (χ3n) is 1.81. The van der Waals surface area contributed by atoms with Crippen molar-refractivity contribution in [1.82, 2.24) is 0 Å². The Bertz CT molecular complexity index is 460. The van der Waals surface area contributed by atoms with E-state index in [1.54, 1.807) is 6.07 Å². The van der Waals surface area contributed by atoms with Gasteiger partial charge < -0.3 is 4.74 Å². The number of thioether (sulfide) groups is 1. The third-order valence-corrected chi connectivity index (χ3v) is 2.51. The highest BCUT2D eigenvalue weighted by atomic mass is 32.2. The SMILES string of the molecule is CCOc1ccc(F)cc1C#CCSC(C)=O. The van der Waals surface area contributed by atoms with Gasteiger partial charge in [0.1, 0.15) is 11.6 Å². The molecule has 0 atom stereocenters. The van der Waals surface area contributed by atoms with Crippen LogP contribution in [0.2, 0.25) is 0 Å². The molecule has 0 aromatic heterocycles. The number of benzene rings is 1. The summed E-state index contributed by atoms with van der Waals surface area (Å²) in [6, 6.07) is 4.22. The van der Waals surface area contributed by atoms with Crippen molar-refractivity contribution in [1.29, 1.82) is 0 Å². The Kier molecular flexibility index (Phi) is 5.58. The summed E-state index contributed by atoms with van der Waals surface area (Å²) in [4.78, 5) is 10.7. The highest BCUT2D eigenvalue weighted by molar-refractivity contribution is 8.13. The van der Waals surface area contributed by atoms with Crippen molar-refractivity contribution in [2.75, 3.05) is 12.4 Å². The molecular formula is C13H13FO2S. The van der Waals surface area contributed by atoms with E-state index in [1.807, 2.05) is 6.92 Å². The van der Waals surface area contributed by atoms with Gasteiger partial charge in [-0.25, -0.2) is 4.39 Å². The molecule has 17 heavy (non-hydrogen) atoms. The lowest BCUT2D eigenvalue weighted by Crippen LogP contribution is -1.95. The molecule has 0 unspecified atom stereocenters. The van der Waals surface area contributed by atoms with Gasteiger partial charge in [-0.3, -0.25) is 4.79 Å². The molecule has 1 rings (SSSR count). The minimum absolute atomic E-state index is 0.0172. The van der Waals surface area contributed by atoms with Crippen molar-refractivity contribution >= 4 is 16.9 Å². The molecule has 0 N–H and O–H groups in total. The molecule has 1 aromatic rings. The van der Waals surface area contributed by atoms with E-state index in [2.05, 4.69) is 11.8 Å². The maximum absolute atomic E-state index is 13.0. The Morgan fingerprint density at radius 3 is 2.94 bits per heavy atom. The van der Waals surface area contributed by atoms with Gasteiger partial charge in [0.2, 0.25) is 0 Å². The molecule has 0 spiro atoms. The number of ether oxygens (including phenoxy) is 1. The zero-order valence-corrected chi connectivity index (χ0v) is 10.6. The van der Waals surface area contributed by atoms with Crippen molar-refractivity contribution in [2.45, 2.75) is 13.8 Å². The maximum atomic E-state index is 13.0. The standard InChI is InChI=1S/C13H13FO2S/c1-3-16-13-7-6-12(14)9-11(13)5-4-8-17-10(2)15/h6-7,9H,3,8H2,1-2H3. The van der Waals surface area contributed by atoms with Crippen molar-refractivity contribution in [3.63, 3.8) is 0 Å². The second kappa shape index (κ2) is 6.97. The molecule has 0 amide bonds. The number of hydrogen-bond acceptors (Lipinski definition) is 3. The van der Waals surface area contributed by atoms with Crippen LogP contribution in [0.4, 0.5) is 4.39 Å². The van der Waals surface area contributed by atoms with Crippen molar-refractivity contribution in [2.24, 2.45) is 0 Å². The van der Waals surface area contributed by atoms with Gasteiger partial charge in [-0.1, -0.05) is 23.6 Å². The zero-order valence-electron chi connectivity index (χ0n) is 9.75. The lowest BCUT2D eigenvalue weighted by atomic mass is 10.2. The van der Waals surface area contributed by atoms with Crippen LogP contribution in [0.3, 0.4) is 0 Å². The quantitative estimate of drug-likeness (QED) is 0.774. The van der Waals surface area contributed by atoms with E-state index in [4.69, 9.17) is 4.74 Å². The number of carbonyl (C=O) groups excluding carboxylic acids is 1. The molecule has 0 aliphatic carbocycles. The number of rotatable bonds is 3. The van der Waals surface area contributed by atoms with Crippen LogP contribution in [-0.4, -0.2) is 17.5 Å². The van der Waals surface area contributed by atoms with Gasteiger partial charge in [0.15, 0.2) is 5.12 Å². The highest BCUT2D eigenvalue weighted by Crippen LogP contribution is 2.18. The van der Waals surface area contributed by atoms with Gasteiger partial charge in [-0.05, 0) is 25.1 Å². The van der Waals surface area contributed by atoms with Gasteiger partial charge in [0, 0.05) is 6.92 Å². The van der Waals surface area contributed by atoms with E-state index in [1.165, 1.54) is 19.1 Å². The van der Waals surface area contributed by atoms with E-state index >= 15 is 0 Å². The smallest absolute Gasteiger partial charge is 0.186 e. The Labute approximate surface area is 105 Å². The zero-order chi connectivity index (χ0) is 12.7. The topological polar surface area (TPSA) is 26.3 Å². The van der Waals surface area contributed by atoms with E-state index in [0.717, 1.165) is 11.8 Å². The van der Waals surface area contributed by atoms with Crippen LogP contribution in [-0.2, 0) is 4.79 Å². The molecule has 2 nitrogen and oxygen atoms in total. The van der Waals surface area contributed by atoms with Crippen LogP contribution >= 0.6 is 11.8 Å². The molecule has 0 bridgehead atoms. The summed E-state index contributed by atoms with van der Waals surface area (Å²) in [5, 5.41) is 0.0172. The fraction of sp³-hybridized carbons (Fsp3) is 0.308. The lowest BCUT2D eigenvalue weighted by Gasteiger charge is -2.05. The predicted octanol–water partition coefficient (Wildman–Crippen LogP) is 2.86. The fourth-order valence-corrected chi connectivity index (χ4v) is 1.50. The Balaban J connectivity index is 2.80. The van der Waals surface area contributed by atoms with Crippen LogP contribution in [0.25, 0.3) is 0 Å². The molecule has 0 heterocycles. The molecule has 0 saturated heterocycles. The first kappa shape index (κ1) is 13.6. The summed E-state index contributed by atoms with van der Waals surface area (Å²) >= 11 is 1.13. The summed E-state index contributed by atoms with van der Waals surface area (Å²) in [7, 11) is 0. The molecule has 0 aliphatic rings. The summed E-state index contributed by atoms with van der Waals surface area (Å²) < 4.78 is 18.4. The lowest BCUT2D eigenvalue weighted by molar-refractivity contribution is -0.109. The minimum atomic E-state index is -0.350. The Hall–Kier alpha value is -1.47. The second-order valence-electron chi connectivity index (χ2n) is 3.16. The van der Waals surface area contributed by atoms with Gasteiger partial charge in [-0.15, -0.1) is 0 Å². The molecule has 4 heteroatoms. The molecule has 90 valence electrons. The highest BCUT2D eigenvalue weighted by Gasteiger charge is 2.02. The molecule has 1 aromatic carbocycles. The van der Waals surface area contributed by atoms with E-state index in [9.17, 15) is 9.18 Å². The molecule has 0 saturated carbocycles. The first-order chi connectivity index (χ1) is 8.13. The number of halogens is 1. The normalized spacial score (nSPS) is 9.35. The first-order valence-electron chi connectivity index (χ1n) is 5.18. The number of hydrogen-bond donors (Lipinski definition) is 0. The molecule has 0 fully saturated rings. The summed E-state index contributed by atoms with van der Waals surface area (Å²) in [5.74, 6) is 6.22. The summed E-state index contributed by atoms with van der Waals surface area (Å²) in [6.45, 7) is 3.84. The van der Waals surface area contributed by atoms with E-state index < -0.39 is 0 Å². The Morgan fingerprint density at radius 2 is 2.29 bits per heavy atom. The van der Waals surface area contributed by atoms with Crippen molar-refractivity contribution in [3.05, 3.63) is 29.6 Å². The maximum Gasteiger partial charge on any atom is 0.186 e. The third kappa shape index (κ3) is 4.92. The van der Waals surface area contributed by atoms with Crippen LogP contribution in [0.15, 0.2) is 18.2 Å². The van der Waals surface area contributed by atoms with Gasteiger partial charge in [0.05, 0.1) is 17.9 Å². The average Bonchev–Trinajstić information content (AvgIpc) is 2.28. The summed E-state index contributed by atoms with van der Waals surface area (Å²) in [6.07, 6.45) is 0. The van der Waals surface area contributed by atoms with E-state index in [0.29, 0.717) is 23.7 Å². The van der Waals surface area contributed by atoms with Crippen LogP contribution in [0, 0.1) is 17.7 Å². The number of carbonyl (C=O) groups is 1. The largest absolute Gasteiger partial charge is 0.493 e. The minimum Gasteiger partial charge on any atom is -0.493 e. The van der Waals surface area contributed by atoms with Crippen LogP contribution < -0.4 is 4.74 Å². The fourth-order valence-electron chi connectivity index (χ4n) is 1.15. The van der Waals surface area contributed by atoms with E-state index in [-0.39, 0.29) is 10.9 Å². The van der Waals surface area contributed by atoms with Crippen LogP contribution in [0.1, 0.15) is 19.4 Å². The molecule has 0 aliphatic heterocycles. The van der Waals surface area contributed by atoms with Crippen molar-refractivity contribution in [3.8, 4) is 17.6 Å². The Morgan fingerprint density at radius 1 is 1.53 bits per heavy atom. The van der Waals surface area contributed by atoms with Gasteiger partial charge >= 0.3 is 0 Å². The second-order valence-corrected chi connectivity index (χ2v) is 4.31. The molecular weight excluding hydrogens is 239 g/mol. The van der Waals surface area contributed by atoms with Crippen molar-refractivity contribution < 1.29 is 13.9 Å². The average molecular weight is 252 g/mol.